The molecular formula is C24H40O4Si. The molecule has 5 heteroatoms. The summed E-state index contributed by atoms with van der Waals surface area (Å²) in [5.41, 5.74) is -0.365. The maximum Gasteiger partial charge on any atom is 0.188 e. The molecule has 4 aliphatic rings. The summed E-state index contributed by atoms with van der Waals surface area (Å²) in [6.45, 7) is 10.6. The Labute approximate surface area is 178 Å². The first kappa shape index (κ1) is 21.8. The lowest BCUT2D eigenvalue weighted by Crippen LogP contribution is -2.60. The molecule has 3 saturated carbocycles. The fourth-order valence-electron chi connectivity index (χ4n) is 6.04. The second-order valence-electron chi connectivity index (χ2n) is 10.6. The average molecular weight is 421 g/mol. The molecule has 4 nitrogen and oxygen atoms in total. The Kier molecular flexibility index (Phi) is 6.23. The standard InChI is InChI=1S/C24H40O4Si/c1-5-6-16-29(3,4)28-23(2,18-8-7-9-18)13-12-19-20-17-24(26-14-15-27-24)21(20)10-11-22(19)25/h18-22,25H,5-11,14-17H2,1-4H3/t19-,20-,21+,22-,23+/m0/s1. The molecule has 4 fully saturated rings. The van der Waals surface area contributed by atoms with Crippen LogP contribution in [0.15, 0.2) is 0 Å². The van der Waals surface area contributed by atoms with E-state index in [-0.39, 0.29) is 23.4 Å². The van der Waals surface area contributed by atoms with Crippen LogP contribution in [0.5, 0.6) is 0 Å². The van der Waals surface area contributed by atoms with Crippen molar-refractivity contribution in [2.75, 3.05) is 13.2 Å². The highest BCUT2D eigenvalue weighted by Crippen LogP contribution is 2.57. The molecule has 0 unspecified atom stereocenters. The molecule has 1 aliphatic heterocycles. The molecule has 1 spiro atoms. The van der Waals surface area contributed by atoms with Gasteiger partial charge in [0.15, 0.2) is 14.1 Å². The maximum absolute atomic E-state index is 10.8. The van der Waals surface area contributed by atoms with Crippen molar-refractivity contribution >= 4 is 8.32 Å². The molecule has 0 amide bonds. The number of fused-ring (bicyclic) bond motifs is 2. The topological polar surface area (TPSA) is 47.9 Å². The number of hydrogen-bond acceptors (Lipinski definition) is 4. The fraction of sp³-hybridized carbons (Fsp3) is 0.917. The molecule has 4 rings (SSSR count). The largest absolute Gasteiger partial charge is 0.401 e. The van der Waals surface area contributed by atoms with E-state index in [0.29, 0.717) is 31.0 Å². The Morgan fingerprint density at radius 1 is 1.17 bits per heavy atom. The van der Waals surface area contributed by atoms with Gasteiger partial charge in [-0.3, -0.25) is 0 Å². The van der Waals surface area contributed by atoms with E-state index in [4.69, 9.17) is 13.9 Å². The van der Waals surface area contributed by atoms with Crippen molar-refractivity contribution < 1.29 is 19.0 Å². The van der Waals surface area contributed by atoms with Crippen molar-refractivity contribution in [1.82, 2.24) is 0 Å². The number of ether oxygens (including phenoxy) is 2. The summed E-state index contributed by atoms with van der Waals surface area (Å²) in [5.74, 6) is 8.15. The van der Waals surface area contributed by atoms with Crippen molar-refractivity contribution in [2.24, 2.45) is 23.7 Å². The fourth-order valence-corrected chi connectivity index (χ4v) is 8.72. The minimum absolute atomic E-state index is 0.0237. The lowest BCUT2D eigenvalue weighted by Gasteiger charge is -2.56. The van der Waals surface area contributed by atoms with Crippen LogP contribution in [-0.4, -0.2) is 44.1 Å². The Bertz CT molecular complexity index is 643. The van der Waals surface area contributed by atoms with Crippen LogP contribution in [-0.2, 0) is 13.9 Å². The van der Waals surface area contributed by atoms with Crippen LogP contribution in [0.25, 0.3) is 0 Å². The third-order valence-electron chi connectivity index (χ3n) is 8.02. The molecule has 1 N–H and O–H groups in total. The normalized spacial score (nSPS) is 35.8. The molecular weight excluding hydrogens is 380 g/mol. The average Bonchev–Trinajstić information content (AvgIpc) is 3.08. The van der Waals surface area contributed by atoms with Crippen molar-refractivity contribution in [3.8, 4) is 11.8 Å². The summed E-state index contributed by atoms with van der Waals surface area (Å²) in [7, 11) is -1.76. The van der Waals surface area contributed by atoms with Gasteiger partial charge in [-0.05, 0) is 63.6 Å². The summed E-state index contributed by atoms with van der Waals surface area (Å²) in [6, 6.07) is 1.20. The number of hydrogen-bond donors (Lipinski definition) is 1. The molecule has 0 aromatic heterocycles. The maximum atomic E-state index is 10.8. The Balaban J connectivity index is 1.50. The number of unbranched alkanes of at least 4 members (excludes halogenated alkanes) is 1. The number of aliphatic hydroxyl groups is 1. The van der Waals surface area contributed by atoms with E-state index in [9.17, 15) is 5.11 Å². The first-order chi connectivity index (χ1) is 13.8. The van der Waals surface area contributed by atoms with Crippen LogP contribution < -0.4 is 0 Å². The van der Waals surface area contributed by atoms with Crippen LogP contribution in [0, 0.1) is 35.5 Å². The lowest BCUT2D eigenvalue weighted by molar-refractivity contribution is -0.296. The minimum Gasteiger partial charge on any atom is -0.401 e. The number of rotatable bonds is 6. The highest BCUT2D eigenvalue weighted by molar-refractivity contribution is 6.71. The van der Waals surface area contributed by atoms with E-state index < -0.39 is 8.32 Å². The van der Waals surface area contributed by atoms with E-state index >= 15 is 0 Å². The molecule has 5 atom stereocenters. The zero-order valence-corrected chi connectivity index (χ0v) is 19.8. The van der Waals surface area contributed by atoms with Gasteiger partial charge in [-0.2, -0.15) is 0 Å². The van der Waals surface area contributed by atoms with Gasteiger partial charge in [-0.15, -0.1) is 0 Å². The second-order valence-corrected chi connectivity index (χ2v) is 14.8. The van der Waals surface area contributed by atoms with Gasteiger partial charge in [0.1, 0.15) is 5.60 Å². The molecule has 0 aromatic carbocycles. The quantitative estimate of drug-likeness (QED) is 0.499. The van der Waals surface area contributed by atoms with E-state index in [1.807, 2.05) is 0 Å². The van der Waals surface area contributed by atoms with Crippen molar-refractivity contribution in [2.45, 2.75) is 102 Å². The van der Waals surface area contributed by atoms with Gasteiger partial charge >= 0.3 is 0 Å². The summed E-state index contributed by atoms with van der Waals surface area (Å²) in [5, 5.41) is 10.8. The van der Waals surface area contributed by atoms with Gasteiger partial charge in [0.2, 0.25) is 0 Å². The van der Waals surface area contributed by atoms with Gasteiger partial charge in [-0.25, -0.2) is 0 Å². The van der Waals surface area contributed by atoms with Crippen LogP contribution >= 0.6 is 0 Å². The summed E-state index contributed by atoms with van der Waals surface area (Å²) >= 11 is 0. The monoisotopic (exact) mass is 420 g/mol. The van der Waals surface area contributed by atoms with Gasteiger partial charge < -0.3 is 19.0 Å². The highest BCUT2D eigenvalue weighted by Gasteiger charge is 2.62. The SMILES string of the molecule is CCCC[Si](C)(C)O[C@](C)(C#C[C@H]1[C@@H]2CC3(OCCO3)[C@@H]2CC[C@@H]1O)C1CCC1. The summed E-state index contributed by atoms with van der Waals surface area (Å²) < 4.78 is 18.8. The van der Waals surface area contributed by atoms with Crippen LogP contribution in [0.4, 0.5) is 0 Å². The third-order valence-corrected chi connectivity index (χ3v) is 10.6. The molecule has 0 aromatic rings. The molecule has 1 saturated heterocycles. The van der Waals surface area contributed by atoms with Crippen molar-refractivity contribution in [3.05, 3.63) is 0 Å². The lowest BCUT2D eigenvalue weighted by atomic mass is 9.56. The van der Waals surface area contributed by atoms with Crippen LogP contribution in [0.2, 0.25) is 19.1 Å². The molecule has 0 bridgehead atoms. The summed E-state index contributed by atoms with van der Waals surface area (Å²) in [4.78, 5) is 0. The Morgan fingerprint density at radius 3 is 2.52 bits per heavy atom. The third kappa shape index (κ3) is 4.21. The van der Waals surface area contributed by atoms with E-state index in [2.05, 4.69) is 38.8 Å². The van der Waals surface area contributed by atoms with Gasteiger partial charge in [0, 0.05) is 18.3 Å². The molecule has 1 heterocycles. The van der Waals surface area contributed by atoms with E-state index in [1.54, 1.807) is 0 Å². The molecule has 3 aliphatic carbocycles. The predicted molar refractivity (Wildman–Crippen MR) is 117 cm³/mol. The highest BCUT2D eigenvalue weighted by atomic mass is 28.4. The second kappa shape index (κ2) is 8.28. The molecule has 164 valence electrons. The Hall–Kier alpha value is -0.383. The van der Waals surface area contributed by atoms with Gasteiger partial charge in [0.25, 0.3) is 0 Å². The van der Waals surface area contributed by atoms with Gasteiger partial charge in [0.05, 0.1) is 19.3 Å². The molecule has 29 heavy (non-hydrogen) atoms. The Morgan fingerprint density at radius 2 is 1.90 bits per heavy atom. The molecule has 0 radical (unpaired) electrons. The zero-order chi connectivity index (χ0) is 20.7. The van der Waals surface area contributed by atoms with E-state index in [0.717, 1.165) is 19.3 Å². The summed E-state index contributed by atoms with van der Waals surface area (Å²) in [6.07, 6.45) is 8.50. The van der Waals surface area contributed by atoms with Crippen LogP contribution in [0.3, 0.4) is 0 Å². The van der Waals surface area contributed by atoms with E-state index in [1.165, 1.54) is 38.1 Å². The first-order valence-electron chi connectivity index (χ1n) is 12.0. The van der Waals surface area contributed by atoms with Crippen LogP contribution in [0.1, 0.15) is 65.2 Å². The predicted octanol–water partition coefficient (Wildman–Crippen LogP) is 4.72. The smallest absolute Gasteiger partial charge is 0.188 e. The minimum atomic E-state index is -1.76. The van der Waals surface area contributed by atoms with Crippen molar-refractivity contribution in [3.63, 3.8) is 0 Å². The van der Waals surface area contributed by atoms with Crippen molar-refractivity contribution in [1.29, 1.82) is 0 Å². The number of aliphatic hydroxyl groups excluding tert-OH is 1. The first-order valence-corrected chi connectivity index (χ1v) is 15.1. The zero-order valence-electron chi connectivity index (χ0n) is 18.8. The van der Waals surface area contributed by atoms with Gasteiger partial charge in [-0.1, -0.05) is 38.0 Å².